The first-order valence-electron chi connectivity index (χ1n) is 6.56. The molecule has 3 rings (SSSR count). The molecule has 1 aromatic carbocycles. The molecule has 1 unspecified atom stereocenters. The molecule has 0 aromatic heterocycles. The van der Waals surface area contributed by atoms with Crippen molar-refractivity contribution in [2.24, 2.45) is 0 Å². The summed E-state index contributed by atoms with van der Waals surface area (Å²) in [6.45, 7) is 0. The molecule has 0 spiro atoms. The lowest BCUT2D eigenvalue weighted by Gasteiger charge is -2.17. The number of benzene rings is 1. The molecule has 0 heterocycles. The maximum Gasteiger partial charge on any atom is 0.115 e. The van der Waals surface area contributed by atoms with Crippen LogP contribution in [0.4, 0.5) is 0 Å². The summed E-state index contributed by atoms with van der Waals surface area (Å²) in [6.07, 6.45) is 7.44. The van der Waals surface area contributed by atoms with Gasteiger partial charge in [0.25, 0.3) is 0 Å². The summed E-state index contributed by atoms with van der Waals surface area (Å²) < 4.78 is 0. The first-order chi connectivity index (χ1) is 8.33. The Morgan fingerprint density at radius 3 is 2.82 bits per heavy atom. The molecule has 0 saturated heterocycles. The molecule has 1 saturated carbocycles. The summed E-state index contributed by atoms with van der Waals surface area (Å²) in [5.74, 6) is 0.362. The van der Waals surface area contributed by atoms with Gasteiger partial charge in [-0.15, -0.1) is 0 Å². The maximum absolute atomic E-state index is 9.43. The monoisotopic (exact) mass is 233 g/mol. The van der Waals surface area contributed by atoms with Crippen molar-refractivity contribution in [3.63, 3.8) is 0 Å². The second kappa shape index (κ2) is 4.67. The molecule has 3 nitrogen and oxygen atoms in total. The Morgan fingerprint density at radius 2 is 2.00 bits per heavy atom. The lowest BCUT2D eigenvalue weighted by Crippen LogP contribution is -2.25. The first kappa shape index (κ1) is 11.1. The van der Waals surface area contributed by atoms with Gasteiger partial charge in [-0.3, -0.25) is 4.84 Å². The number of rotatable bonds is 3. The number of hydroxylamine groups is 1. The Bertz CT molecular complexity index is 399. The smallest absolute Gasteiger partial charge is 0.115 e. The van der Waals surface area contributed by atoms with Crippen LogP contribution in [0.5, 0.6) is 5.75 Å². The molecule has 3 heteroatoms. The van der Waals surface area contributed by atoms with Gasteiger partial charge in [0.15, 0.2) is 0 Å². The van der Waals surface area contributed by atoms with E-state index >= 15 is 0 Å². The highest BCUT2D eigenvalue weighted by atomic mass is 16.7. The molecule has 1 atom stereocenters. The van der Waals surface area contributed by atoms with E-state index in [4.69, 9.17) is 4.84 Å². The fourth-order valence-electron chi connectivity index (χ4n) is 2.91. The Morgan fingerprint density at radius 1 is 1.18 bits per heavy atom. The average Bonchev–Trinajstić information content (AvgIpc) is 2.94. The molecule has 0 aliphatic heterocycles. The summed E-state index contributed by atoms with van der Waals surface area (Å²) in [5, 5.41) is 9.43. The van der Waals surface area contributed by atoms with Gasteiger partial charge in [-0.25, -0.2) is 0 Å². The van der Waals surface area contributed by atoms with Gasteiger partial charge in [-0.05, 0) is 48.9 Å². The highest BCUT2D eigenvalue weighted by Gasteiger charge is 2.24. The summed E-state index contributed by atoms with van der Waals surface area (Å²) in [4.78, 5) is 5.76. The number of fused-ring (bicyclic) bond motifs is 1. The van der Waals surface area contributed by atoms with E-state index in [2.05, 4.69) is 5.48 Å². The number of phenolic OH excluding ortho intramolecular Hbond substituents is 1. The van der Waals surface area contributed by atoms with Gasteiger partial charge in [0.2, 0.25) is 0 Å². The second-order valence-corrected chi connectivity index (χ2v) is 5.12. The third kappa shape index (κ3) is 2.31. The van der Waals surface area contributed by atoms with Gasteiger partial charge in [0, 0.05) is 0 Å². The van der Waals surface area contributed by atoms with Crippen molar-refractivity contribution in [2.45, 2.75) is 50.7 Å². The van der Waals surface area contributed by atoms with Crippen molar-refractivity contribution in [1.29, 1.82) is 0 Å². The van der Waals surface area contributed by atoms with E-state index in [9.17, 15) is 5.11 Å². The number of aryl methyl sites for hydroxylation is 1. The van der Waals surface area contributed by atoms with Gasteiger partial charge < -0.3 is 5.11 Å². The minimum Gasteiger partial charge on any atom is -0.508 e. The molecular formula is C14H19NO2. The minimum atomic E-state index is 0.297. The average molecular weight is 233 g/mol. The Labute approximate surface area is 102 Å². The van der Waals surface area contributed by atoms with Crippen LogP contribution in [-0.4, -0.2) is 11.2 Å². The lowest BCUT2D eigenvalue weighted by atomic mass is 10.1. The van der Waals surface area contributed by atoms with Crippen LogP contribution in [0.15, 0.2) is 18.2 Å². The van der Waals surface area contributed by atoms with Crippen LogP contribution in [0.25, 0.3) is 0 Å². The molecule has 0 radical (unpaired) electrons. The summed E-state index contributed by atoms with van der Waals surface area (Å²) in [7, 11) is 0. The molecule has 0 bridgehead atoms. The largest absolute Gasteiger partial charge is 0.508 e. The van der Waals surface area contributed by atoms with E-state index in [1.54, 1.807) is 6.07 Å². The first-order valence-corrected chi connectivity index (χ1v) is 6.56. The lowest BCUT2D eigenvalue weighted by molar-refractivity contribution is -0.0405. The van der Waals surface area contributed by atoms with Crippen LogP contribution in [0.1, 0.15) is 49.3 Å². The number of hydrogen-bond donors (Lipinski definition) is 2. The van der Waals surface area contributed by atoms with E-state index < -0.39 is 0 Å². The van der Waals surface area contributed by atoms with Gasteiger partial charge in [0.1, 0.15) is 5.75 Å². The third-order valence-electron chi connectivity index (χ3n) is 3.88. The summed E-state index contributed by atoms with van der Waals surface area (Å²) in [5.41, 5.74) is 5.74. The van der Waals surface area contributed by atoms with Crippen LogP contribution < -0.4 is 5.48 Å². The Kier molecular flexibility index (Phi) is 3.04. The molecule has 2 aliphatic rings. The fraction of sp³-hybridized carbons (Fsp3) is 0.571. The third-order valence-corrected chi connectivity index (χ3v) is 3.88. The van der Waals surface area contributed by atoms with Gasteiger partial charge in [0.05, 0.1) is 12.1 Å². The van der Waals surface area contributed by atoms with Crippen molar-refractivity contribution in [2.75, 3.05) is 0 Å². The molecule has 17 heavy (non-hydrogen) atoms. The van der Waals surface area contributed by atoms with Gasteiger partial charge in [-0.2, -0.15) is 5.48 Å². The molecule has 2 aliphatic carbocycles. The molecule has 1 aromatic rings. The van der Waals surface area contributed by atoms with E-state index in [0.717, 1.165) is 12.8 Å². The zero-order chi connectivity index (χ0) is 11.7. The normalized spacial score (nSPS) is 24.1. The van der Waals surface area contributed by atoms with Crippen LogP contribution >= 0.6 is 0 Å². The fourth-order valence-corrected chi connectivity index (χ4v) is 2.91. The molecule has 92 valence electrons. The van der Waals surface area contributed by atoms with E-state index in [1.165, 1.54) is 36.8 Å². The SMILES string of the molecule is Oc1ccc2c(c1)CCC2NOC1CCCC1. The zero-order valence-corrected chi connectivity index (χ0v) is 9.98. The van der Waals surface area contributed by atoms with E-state index in [0.29, 0.717) is 17.9 Å². The van der Waals surface area contributed by atoms with Crippen LogP contribution in [-0.2, 0) is 11.3 Å². The molecule has 2 N–H and O–H groups in total. The van der Waals surface area contributed by atoms with Crippen molar-refractivity contribution >= 4 is 0 Å². The molecule has 0 amide bonds. The highest BCUT2D eigenvalue weighted by molar-refractivity contribution is 5.39. The maximum atomic E-state index is 9.43. The van der Waals surface area contributed by atoms with Crippen molar-refractivity contribution in [3.8, 4) is 5.75 Å². The van der Waals surface area contributed by atoms with Crippen LogP contribution in [0, 0.1) is 0 Å². The van der Waals surface area contributed by atoms with Crippen molar-refractivity contribution < 1.29 is 9.94 Å². The summed E-state index contributed by atoms with van der Waals surface area (Å²) >= 11 is 0. The topological polar surface area (TPSA) is 41.5 Å². The predicted molar refractivity (Wildman–Crippen MR) is 65.6 cm³/mol. The number of phenols is 1. The quantitative estimate of drug-likeness (QED) is 0.789. The van der Waals surface area contributed by atoms with E-state index in [1.807, 2.05) is 12.1 Å². The van der Waals surface area contributed by atoms with Crippen molar-refractivity contribution in [1.82, 2.24) is 5.48 Å². The molecule has 1 fully saturated rings. The van der Waals surface area contributed by atoms with Gasteiger partial charge in [-0.1, -0.05) is 18.9 Å². The predicted octanol–water partition coefficient (Wildman–Crippen LogP) is 2.84. The Balaban J connectivity index is 1.63. The Hall–Kier alpha value is -1.06. The van der Waals surface area contributed by atoms with Crippen LogP contribution in [0.2, 0.25) is 0 Å². The second-order valence-electron chi connectivity index (χ2n) is 5.12. The zero-order valence-electron chi connectivity index (χ0n) is 9.98. The summed E-state index contributed by atoms with van der Waals surface area (Å²) in [6, 6.07) is 5.93. The number of hydrogen-bond acceptors (Lipinski definition) is 3. The molecular weight excluding hydrogens is 214 g/mol. The highest BCUT2D eigenvalue weighted by Crippen LogP contribution is 2.33. The van der Waals surface area contributed by atoms with E-state index in [-0.39, 0.29) is 0 Å². The van der Waals surface area contributed by atoms with Crippen LogP contribution in [0.3, 0.4) is 0 Å². The van der Waals surface area contributed by atoms with Crippen molar-refractivity contribution in [3.05, 3.63) is 29.3 Å². The minimum absolute atomic E-state index is 0.297. The standard InChI is InChI=1S/C14H19NO2/c16-11-6-7-13-10(9-11)5-8-14(13)15-17-12-3-1-2-4-12/h6-7,9,12,14-16H,1-5,8H2. The van der Waals surface area contributed by atoms with Gasteiger partial charge >= 0.3 is 0 Å². The number of aromatic hydroxyl groups is 1. The number of nitrogens with one attached hydrogen (secondary N) is 1.